The van der Waals surface area contributed by atoms with Gasteiger partial charge in [0.05, 0.1) is 12.4 Å². The van der Waals surface area contributed by atoms with Crippen molar-refractivity contribution >= 4 is 16.1 Å². The summed E-state index contributed by atoms with van der Waals surface area (Å²) in [5, 5.41) is 0. The summed E-state index contributed by atoms with van der Waals surface area (Å²) >= 11 is 0. The third kappa shape index (κ3) is 8.14. The molecule has 1 N–H and O–H groups in total. The lowest BCUT2D eigenvalue weighted by Gasteiger charge is -2.09. The number of ether oxygens (including phenoxy) is 1. The molecular formula is C9H16O5S. The first-order valence-electron chi connectivity index (χ1n) is 4.50. The highest BCUT2D eigenvalue weighted by atomic mass is 32.2. The zero-order valence-electron chi connectivity index (χ0n) is 8.89. The third-order valence-corrected chi connectivity index (χ3v) is 2.68. The first kappa shape index (κ1) is 14.1. The second kappa shape index (κ2) is 5.87. The van der Waals surface area contributed by atoms with Gasteiger partial charge in [-0.15, -0.1) is 0 Å². The van der Waals surface area contributed by atoms with Crippen LogP contribution in [0, 0.1) is 5.92 Å². The van der Waals surface area contributed by atoms with Crippen molar-refractivity contribution in [2.24, 2.45) is 5.92 Å². The Balaban J connectivity index is 3.78. The Kier molecular flexibility index (Phi) is 5.53. The average molecular weight is 236 g/mol. The molecule has 0 radical (unpaired) electrons. The maximum absolute atomic E-state index is 10.9. The Morgan fingerprint density at radius 1 is 1.53 bits per heavy atom. The summed E-state index contributed by atoms with van der Waals surface area (Å²) in [6.45, 7) is 6.72. The summed E-state index contributed by atoms with van der Waals surface area (Å²) in [4.78, 5) is 10.9. The van der Waals surface area contributed by atoms with Gasteiger partial charge in [0, 0.05) is 5.57 Å². The predicted octanol–water partition coefficient (Wildman–Crippen LogP) is 1.02. The van der Waals surface area contributed by atoms with E-state index in [1.54, 1.807) is 6.92 Å². The van der Waals surface area contributed by atoms with Gasteiger partial charge in [-0.25, -0.2) is 4.79 Å². The second-order valence-corrected chi connectivity index (χ2v) is 5.06. The van der Waals surface area contributed by atoms with E-state index >= 15 is 0 Å². The van der Waals surface area contributed by atoms with Crippen LogP contribution in [-0.4, -0.2) is 31.3 Å². The molecule has 6 heteroatoms. The van der Waals surface area contributed by atoms with Crippen molar-refractivity contribution < 1.29 is 22.5 Å². The molecule has 0 aromatic heterocycles. The molecule has 0 bridgehead atoms. The van der Waals surface area contributed by atoms with Crippen molar-refractivity contribution in [3.63, 3.8) is 0 Å². The van der Waals surface area contributed by atoms with E-state index in [9.17, 15) is 13.2 Å². The molecule has 0 saturated heterocycles. The van der Waals surface area contributed by atoms with Gasteiger partial charge in [-0.2, -0.15) is 8.42 Å². The van der Waals surface area contributed by atoms with E-state index in [2.05, 4.69) is 6.58 Å². The normalized spacial score (nSPS) is 13.3. The summed E-state index contributed by atoms with van der Waals surface area (Å²) < 4.78 is 34.3. The molecule has 1 atom stereocenters. The fraction of sp³-hybridized carbons (Fsp3) is 0.667. The minimum atomic E-state index is -3.95. The summed E-state index contributed by atoms with van der Waals surface area (Å²) in [7, 11) is -3.95. The van der Waals surface area contributed by atoms with Crippen LogP contribution in [0.4, 0.5) is 0 Å². The highest BCUT2D eigenvalue weighted by Crippen LogP contribution is 2.06. The quantitative estimate of drug-likeness (QED) is 0.423. The molecule has 5 nitrogen and oxygen atoms in total. The van der Waals surface area contributed by atoms with Gasteiger partial charge in [0.15, 0.2) is 0 Å². The van der Waals surface area contributed by atoms with Gasteiger partial charge in [-0.05, 0) is 19.3 Å². The Bertz CT molecular complexity index is 330. The molecule has 0 amide bonds. The summed E-state index contributed by atoms with van der Waals surface area (Å²) in [5.41, 5.74) is 0.303. The smallest absolute Gasteiger partial charge is 0.333 e. The maximum atomic E-state index is 10.9. The molecule has 0 fully saturated rings. The van der Waals surface area contributed by atoms with Gasteiger partial charge in [-0.1, -0.05) is 13.5 Å². The molecule has 0 heterocycles. The SMILES string of the molecule is C=C(C)C(=O)OCCC(C)CS(=O)(=O)O. The van der Waals surface area contributed by atoms with Gasteiger partial charge in [0.25, 0.3) is 10.1 Å². The molecule has 0 rings (SSSR count). The van der Waals surface area contributed by atoms with Crippen LogP contribution in [0.25, 0.3) is 0 Å². The summed E-state index contributed by atoms with van der Waals surface area (Å²) in [5.74, 6) is -1.07. The molecule has 0 spiro atoms. The van der Waals surface area contributed by atoms with Crippen molar-refractivity contribution in [1.29, 1.82) is 0 Å². The highest BCUT2D eigenvalue weighted by molar-refractivity contribution is 7.85. The van der Waals surface area contributed by atoms with E-state index in [4.69, 9.17) is 9.29 Å². The molecule has 88 valence electrons. The second-order valence-electron chi connectivity index (χ2n) is 3.56. The van der Waals surface area contributed by atoms with Gasteiger partial charge < -0.3 is 4.74 Å². The predicted molar refractivity (Wildman–Crippen MR) is 56.0 cm³/mol. The number of hydrogen-bond acceptors (Lipinski definition) is 4. The first-order valence-corrected chi connectivity index (χ1v) is 6.11. The largest absolute Gasteiger partial charge is 0.462 e. The number of carbonyl (C=O) groups is 1. The molecule has 0 aromatic rings. The van der Waals surface area contributed by atoms with Crippen LogP contribution in [0.2, 0.25) is 0 Å². The monoisotopic (exact) mass is 236 g/mol. The van der Waals surface area contributed by atoms with Crippen LogP contribution >= 0.6 is 0 Å². The zero-order valence-corrected chi connectivity index (χ0v) is 9.71. The molecule has 0 aliphatic heterocycles. The van der Waals surface area contributed by atoms with Gasteiger partial charge in [0.2, 0.25) is 0 Å². The van der Waals surface area contributed by atoms with Crippen molar-refractivity contribution in [1.82, 2.24) is 0 Å². The molecule has 0 aliphatic carbocycles. The van der Waals surface area contributed by atoms with Crippen molar-refractivity contribution in [3.8, 4) is 0 Å². The van der Waals surface area contributed by atoms with E-state index in [-0.39, 0.29) is 18.3 Å². The van der Waals surface area contributed by atoms with Crippen LogP contribution in [0.5, 0.6) is 0 Å². The fourth-order valence-electron chi connectivity index (χ4n) is 0.919. The van der Waals surface area contributed by atoms with Crippen molar-refractivity contribution in [3.05, 3.63) is 12.2 Å². The highest BCUT2D eigenvalue weighted by Gasteiger charge is 2.13. The molecule has 15 heavy (non-hydrogen) atoms. The van der Waals surface area contributed by atoms with Gasteiger partial charge >= 0.3 is 5.97 Å². The minimum Gasteiger partial charge on any atom is -0.462 e. The molecule has 1 unspecified atom stereocenters. The third-order valence-electron chi connectivity index (χ3n) is 1.69. The molecule has 0 aromatic carbocycles. The van der Waals surface area contributed by atoms with Gasteiger partial charge in [-0.3, -0.25) is 4.55 Å². The number of carbonyl (C=O) groups excluding carboxylic acids is 1. The van der Waals surface area contributed by atoms with E-state index in [0.29, 0.717) is 12.0 Å². The Morgan fingerprint density at radius 2 is 2.07 bits per heavy atom. The number of esters is 1. The Hall–Kier alpha value is -0.880. The molecule has 0 aliphatic rings. The Labute approximate surface area is 89.9 Å². The lowest BCUT2D eigenvalue weighted by Crippen LogP contribution is -2.16. The summed E-state index contributed by atoms with van der Waals surface area (Å²) in [6, 6.07) is 0. The molecular weight excluding hydrogens is 220 g/mol. The van der Waals surface area contributed by atoms with Crippen LogP contribution in [0.15, 0.2) is 12.2 Å². The molecule has 0 saturated carbocycles. The van der Waals surface area contributed by atoms with Gasteiger partial charge in [0.1, 0.15) is 0 Å². The van der Waals surface area contributed by atoms with E-state index in [1.165, 1.54) is 6.92 Å². The van der Waals surface area contributed by atoms with Crippen molar-refractivity contribution in [2.75, 3.05) is 12.4 Å². The first-order chi connectivity index (χ1) is 6.72. The summed E-state index contributed by atoms with van der Waals surface area (Å²) in [6.07, 6.45) is 0.388. The average Bonchev–Trinajstić information content (AvgIpc) is 2.00. The van der Waals surface area contributed by atoms with Crippen LogP contribution in [-0.2, 0) is 19.6 Å². The lowest BCUT2D eigenvalue weighted by atomic mass is 10.1. The topological polar surface area (TPSA) is 80.7 Å². The number of rotatable bonds is 6. The standard InChI is InChI=1S/C9H16O5S/c1-7(2)9(10)14-5-4-8(3)6-15(11,12)13/h8H,1,4-6H2,2-3H3,(H,11,12,13). The van der Waals surface area contributed by atoms with Crippen LogP contribution in [0.3, 0.4) is 0 Å². The zero-order chi connectivity index (χ0) is 12.1. The van der Waals surface area contributed by atoms with Crippen LogP contribution < -0.4 is 0 Å². The maximum Gasteiger partial charge on any atom is 0.333 e. The lowest BCUT2D eigenvalue weighted by molar-refractivity contribution is -0.139. The van der Waals surface area contributed by atoms with Crippen LogP contribution in [0.1, 0.15) is 20.3 Å². The fourth-order valence-corrected chi connectivity index (χ4v) is 1.80. The van der Waals surface area contributed by atoms with Crippen molar-refractivity contribution in [2.45, 2.75) is 20.3 Å². The Morgan fingerprint density at radius 3 is 2.47 bits per heavy atom. The minimum absolute atomic E-state index is 0.127. The number of hydrogen-bond donors (Lipinski definition) is 1. The van der Waals surface area contributed by atoms with E-state index in [1.807, 2.05) is 0 Å². The van der Waals surface area contributed by atoms with E-state index < -0.39 is 16.1 Å². The van der Waals surface area contributed by atoms with E-state index in [0.717, 1.165) is 0 Å².